The molecule has 1 aromatic carbocycles. The molecule has 0 bridgehead atoms. The van der Waals surface area contributed by atoms with Crippen LogP contribution in [0.3, 0.4) is 0 Å². The highest BCUT2D eigenvalue weighted by molar-refractivity contribution is 5.33. The Morgan fingerprint density at radius 3 is 2.65 bits per heavy atom. The van der Waals surface area contributed by atoms with E-state index in [0.29, 0.717) is 18.8 Å². The van der Waals surface area contributed by atoms with Crippen molar-refractivity contribution in [3.63, 3.8) is 0 Å². The smallest absolute Gasteiger partial charge is 0.123 e. The monoisotopic (exact) mass is 320 g/mol. The van der Waals surface area contributed by atoms with Crippen LogP contribution in [0.2, 0.25) is 0 Å². The molecule has 1 saturated heterocycles. The molecule has 0 aromatic heterocycles. The molecule has 2 unspecified atom stereocenters. The molecule has 0 amide bonds. The van der Waals surface area contributed by atoms with Crippen molar-refractivity contribution in [1.29, 1.82) is 0 Å². The molecule has 0 saturated carbocycles. The van der Waals surface area contributed by atoms with Crippen molar-refractivity contribution in [3.8, 4) is 5.75 Å². The molecular weight excluding hydrogens is 288 g/mol. The van der Waals surface area contributed by atoms with E-state index in [1.807, 2.05) is 19.1 Å². The third-order valence-corrected chi connectivity index (χ3v) is 4.16. The predicted molar refractivity (Wildman–Crippen MR) is 95.0 cm³/mol. The van der Waals surface area contributed by atoms with E-state index in [1.54, 1.807) is 0 Å². The van der Waals surface area contributed by atoms with Crippen LogP contribution in [0, 0.1) is 0 Å². The number of ether oxygens (including phenoxy) is 2. The van der Waals surface area contributed by atoms with Crippen LogP contribution in [-0.2, 0) is 11.3 Å². The van der Waals surface area contributed by atoms with Gasteiger partial charge in [-0.25, -0.2) is 0 Å². The summed E-state index contributed by atoms with van der Waals surface area (Å²) in [6, 6.07) is 8.27. The molecular formula is C19H32N2O2. The lowest BCUT2D eigenvalue weighted by molar-refractivity contribution is -0.0681. The van der Waals surface area contributed by atoms with Crippen LogP contribution >= 0.6 is 0 Å². The minimum Gasteiger partial charge on any atom is -0.494 e. The van der Waals surface area contributed by atoms with Crippen molar-refractivity contribution < 1.29 is 9.47 Å². The van der Waals surface area contributed by atoms with Gasteiger partial charge in [0.05, 0.1) is 18.8 Å². The second-order valence-corrected chi connectivity index (χ2v) is 6.44. The number of benzene rings is 1. The molecule has 1 N–H and O–H groups in total. The summed E-state index contributed by atoms with van der Waals surface area (Å²) in [6.07, 6.45) is 3.18. The summed E-state index contributed by atoms with van der Waals surface area (Å²) in [5.41, 5.74) is 1.24. The summed E-state index contributed by atoms with van der Waals surface area (Å²) in [6.45, 7) is 12.3. The SMILES string of the molecule is CCOc1ccccc1CNCCCCN1CC(C)OC(C)C1. The topological polar surface area (TPSA) is 33.7 Å². The third kappa shape index (κ3) is 6.50. The Bertz CT molecular complexity index is 443. The van der Waals surface area contributed by atoms with Gasteiger partial charge in [-0.15, -0.1) is 0 Å². The van der Waals surface area contributed by atoms with Gasteiger partial charge in [-0.2, -0.15) is 0 Å². The minimum absolute atomic E-state index is 0.368. The highest BCUT2D eigenvalue weighted by Crippen LogP contribution is 2.17. The van der Waals surface area contributed by atoms with Gasteiger partial charge in [-0.05, 0) is 52.8 Å². The highest BCUT2D eigenvalue weighted by Gasteiger charge is 2.21. The molecule has 1 aliphatic rings. The van der Waals surface area contributed by atoms with Crippen LogP contribution in [0.4, 0.5) is 0 Å². The standard InChI is InChI=1S/C19H32N2O2/c1-4-22-19-10-6-5-9-18(19)13-20-11-7-8-12-21-14-16(2)23-17(3)15-21/h5-6,9-10,16-17,20H,4,7-8,11-15H2,1-3H3. The lowest BCUT2D eigenvalue weighted by Gasteiger charge is -2.35. The zero-order chi connectivity index (χ0) is 16.5. The number of para-hydroxylation sites is 1. The van der Waals surface area contributed by atoms with Crippen LogP contribution in [0.15, 0.2) is 24.3 Å². The quantitative estimate of drug-likeness (QED) is 0.709. The van der Waals surface area contributed by atoms with Gasteiger partial charge in [-0.3, -0.25) is 4.90 Å². The molecule has 1 heterocycles. The van der Waals surface area contributed by atoms with E-state index in [1.165, 1.54) is 24.9 Å². The highest BCUT2D eigenvalue weighted by atomic mass is 16.5. The third-order valence-electron chi connectivity index (χ3n) is 4.16. The van der Waals surface area contributed by atoms with Gasteiger partial charge in [0.15, 0.2) is 0 Å². The molecule has 0 spiro atoms. The molecule has 1 fully saturated rings. The summed E-state index contributed by atoms with van der Waals surface area (Å²) in [4.78, 5) is 2.53. The maximum absolute atomic E-state index is 5.78. The summed E-state index contributed by atoms with van der Waals surface area (Å²) in [5.74, 6) is 0.999. The van der Waals surface area contributed by atoms with Crippen molar-refractivity contribution >= 4 is 0 Å². The molecule has 1 aliphatic heterocycles. The van der Waals surface area contributed by atoms with Gasteiger partial charge in [0.25, 0.3) is 0 Å². The van der Waals surface area contributed by atoms with E-state index < -0.39 is 0 Å². The van der Waals surface area contributed by atoms with Crippen molar-refractivity contribution in [2.75, 3.05) is 32.8 Å². The molecule has 0 radical (unpaired) electrons. The maximum atomic E-state index is 5.78. The average Bonchev–Trinajstić information content (AvgIpc) is 2.51. The Morgan fingerprint density at radius 2 is 1.91 bits per heavy atom. The molecule has 130 valence electrons. The number of hydrogen-bond donors (Lipinski definition) is 1. The lowest BCUT2D eigenvalue weighted by Crippen LogP contribution is -2.45. The van der Waals surface area contributed by atoms with E-state index in [0.717, 1.165) is 31.9 Å². The van der Waals surface area contributed by atoms with Gasteiger partial charge < -0.3 is 14.8 Å². The van der Waals surface area contributed by atoms with Crippen molar-refractivity contribution in [2.24, 2.45) is 0 Å². The molecule has 23 heavy (non-hydrogen) atoms. The summed E-state index contributed by atoms with van der Waals surface area (Å²) in [5, 5.41) is 3.53. The van der Waals surface area contributed by atoms with Crippen molar-refractivity contribution in [3.05, 3.63) is 29.8 Å². The fourth-order valence-electron chi connectivity index (χ4n) is 3.22. The molecule has 2 atom stereocenters. The second kappa shape index (κ2) is 9.91. The average molecular weight is 320 g/mol. The largest absolute Gasteiger partial charge is 0.494 e. The number of nitrogens with one attached hydrogen (secondary N) is 1. The first-order valence-corrected chi connectivity index (χ1v) is 8.98. The van der Waals surface area contributed by atoms with Crippen LogP contribution in [-0.4, -0.2) is 49.9 Å². The predicted octanol–water partition coefficient (Wildman–Crippen LogP) is 3.06. The fourth-order valence-corrected chi connectivity index (χ4v) is 3.22. The van der Waals surface area contributed by atoms with E-state index >= 15 is 0 Å². The van der Waals surface area contributed by atoms with Crippen LogP contribution in [0.5, 0.6) is 5.75 Å². The van der Waals surface area contributed by atoms with E-state index in [-0.39, 0.29) is 0 Å². The number of rotatable bonds is 9. The summed E-state index contributed by atoms with van der Waals surface area (Å²) < 4.78 is 11.4. The second-order valence-electron chi connectivity index (χ2n) is 6.44. The molecule has 4 heteroatoms. The van der Waals surface area contributed by atoms with Gasteiger partial charge in [0.1, 0.15) is 5.75 Å². The van der Waals surface area contributed by atoms with E-state index in [2.05, 4.69) is 36.2 Å². The molecule has 1 aromatic rings. The van der Waals surface area contributed by atoms with Crippen LogP contribution in [0.1, 0.15) is 39.2 Å². The molecule has 4 nitrogen and oxygen atoms in total. The molecule has 2 rings (SSSR count). The van der Waals surface area contributed by atoms with Gasteiger partial charge >= 0.3 is 0 Å². The van der Waals surface area contributed by atoms with E-state index in [9.17, 15) is 0 Å². The van der Waals surface area contributed by atoms with E-state index in [4.69, 9.17) is 9.47 Å². The first-order valence-electron chi connectivity index (χ1n) is 8.98. The number of hydrogen-bond acceptors (Lipinski definition) is 4. The zero-order valence-corrected chi connectivity index (χ0v) is 14.9. The normalized spacial score (nSPS) is 22.2. The summed E-state index contributed by atoms with van der Waals surface area (Å²) >= 11 is 0. The fraction of sp³-hybridized carbons (Fsp3) is 0.684. The Balaban J connectivity index is 1.59. The lowest BCUT2D eigenvalue weighted by atomic mass is 10.2. The van der Waals surface area contributed by atoms with Crippen LogP contribution < -0.4 is 10.1 Å². The zero-order valence-electron chi connectivity index (χ0n) is 14.9. The molecule has 0 aliphatic carbocycles. The van der Waals surface area contributed by atoms with Crippen LogP contribution in [0.25, 0.3) is 0 Å². The van der Waals surface area contributed by atoms with Gasteiger partial charge in [-0.1, -0.05) is 18.2 Å². The van der Waals surface area contributed by atoms with Gasteiger partial charge in [0.2, 0.25) is 0 Å². The Kier molecular flexibility index (Phi) is 7.86. The Labute approximate surface area is 141 Å². The van der Waals surface area contributed by atoms with Gasteiger partial charge in [0, 0.05) is 25.2 Å². The first kappa shape index (κ1) is 18.2. The van der Waals surface area contributed by atoms with Crippen molar-refractivity contribution in [2.45, 2.75) is 52.4 Å². The first-order chi connectivity index (χ1) is 11.2. The Hall–Kier alpha value is -1.10. The number of nitrogens with zero attached hydrogens (tertiary/aromatic N) is 1. The number of unbranched alkanes of at least 4 members (excludes halogenated alkanes) is 1. The maximum Gasteiger partial charge on any atom is 0.123 e. The minimum atomic E-state index is 0.368. The summed E-state index contributed by atoms with van der Waals surface area (Å²) in [7, 11) is 0. The Morgan fingerprint density at radius 1 is 1.17 bits per heavy atom. The van der Waals surface area contributed by atoms with Crippen molar-refractivity contribution in [1.82, 2.24) is 10.2 Å². The number of morpholine rings is 1.